The second-order valence-electron chi connectivity index (χ2n) is 3.76. The predicted molar refractivity (Wildman–Crippen MR) is 69.0 cm³/mol. The zero-order valence-corrected chi connectivity index (χ0v) is 10.5. The molecule has 1 rings (SSSR count). The quantitative estimate of drug-likeness (QED) is 0.671. The molecule has 5 heteroatoms. The number of benzene rings is 1. The van der Waals surface area contributed by atoms with Crippen LogP contribution in [0.3, 0.4) is 0 Å². The molecular weight excluding hydrogens is 240 g/mol. The summed E-state index contributed by atoms with van der Waals surface area (Å²) in [5, 5.41) is 18.7. The number of nitrogens with zero attached hydrogens (tertiary/aromatic N) is 1. The lowest BCUT2D eigenvalue weighted by Crippen LogP contribution is -2.37. The Kier molecular flexibility index (Phi) is 6.47. The molecule has 0 amide bonds. The largest absolute Gasteiger partial charge is 0.395 e. The molecule has 0 fully saturated rings. The van der Waals surface area contributed by atoms with E-state index in [-0.39, 0.29) is 19.3 Å². The van der Waals surface area contributed by atoms with Gasteiger partial charge in [0.1, 0.15) is 0 Å². The average molecular weight is 259 g/mol. The van der Waals surface area contributed by atoms with Gasteiger partial charge in [0.15, 0.2) is 0 Å². The van der Waals surface area contributed by atoms with E-state index in [1.165, 1.54) is 0 Å². The Morgan fingerprint density at radius 1 is 1.18 bits per heavy atom. The summed E-state index contributed by atoms with van der Waals surface area (Å²) in [4.78, 5) is 1.93. The van der Waals surface area contributed by atoms with E-state index in [1.54, 1.807) is 0 Å². The molecule has 96 valence electrons. The molecule has 0 radical (unpaired) electrons. The molecule has 0 heterocycles. The summed E-state index contributed by atoms with van der Waals surface area (Å²) in [5.41, 5.74) is 6.70. The van der Waals surface area contributed by atoms with Gasteiger partial charge >= 0.3 is 0 Å². The molecule has 1 unspecified atom stereocenters. The third-order valence-corrected chi connectivity index (χ3v) is 3.05. The maximum Gasteiger partial charge on any atom is 0.0558 e. The van der Waals surface area contributed by atoms with E-state index in [0.717, 1.165) is 5.56 Å². The molecule has 0 aliphatic rings. The van der Waals surface area contributed by atoms with E-state index in [2.05, 4.69) is 0 Å². The maximum atomic E-state index is 9.03. The summed E-state index contributed by atoms with van der Waals surface area (Å²) in [6, 6.07) is 7.42. The van der Waals surface area contributed by atoms with Gasteiger partial charge in [-0.25, -0.2) is 0 Å². The van der Waals surface area contributed by atoms with Crippen molar-refractivity contribution in [1.82, 2.24) is 4.90 Å². The van der Waals surface area contributed by atoms with Gasteiger partial charge in [0, 0.05) is 30.7 Å². The molecule has 17 heavy (non-hydrogen) atoms. The van der Waals surface area contributed by atoms with Crippen LogP contribution in [0.4, 0.5) is 0 Å². The van der Waals surface area contributed by atoms with Crippen LogP contribution in [0.15, 0.2) is 24.3 Å². The summed E-state index contributed by atoms with van der Waals surface area (Å²) in [6.07, 6.45) is 0. The van der Waals surface area contributed by atoms with E-state index >= 15 is 0 Å². The molecule has 4 nitrogen and oxygen atoms in total. The highest BCUT2D eigenvalue weighted by Gasteiger charge is 2.20. The molecule has 1 atom stereocenters. The van der Waals surface area contributed by atoms with Crippen molar-refractivity contribution in [2.45, 2.75) is 6.04 Å². The summed E-state index contributed by atoms with van der Waals surface area (Å²) in [6.45, 7) is 1.38. The van der Waals surface area contributed by atoms with Gasteiger partial charge in [-0.1, -0.05) is 29.8 Å². The van der Waals surface area contributed by atoms with E-state index < -0.39 is 0 Å². The van der Waals surface area contributed by atoms with Crippen LogP contribution in [-0.2, 0) is 0 Å². The standard InChI is InChI=1S/C12H19ClN2O2/c13-11-4-2-1-3-10(11)12(9-14)15(5-7-16)6-8-17/h1-4,12,16-17H,5-9,14H2. The van der Waals surface area contributed by atoms with Gasteiger partial charge in [0.25, 0.3) is 0 Å². The molecular formula is C12H19ClN2O2. The fraction of sp³-hybridized carbons (Fsp3) is 0.500. The minimum Gasteiger partial charge on any atom is -0.395 e. The van der Waals surface area contributed by atoms with Crippen LogP contribution in [0.25, 0.3) is 0 Å². The lowest BCUT2D eigenvalue weighted by molar-refractivity contribution is 0.124. The number of rotatable bonds is 7. The minimum atomic E-state index is -0.0806. The smallest absolute Gasteiger partial charge is 0.0558 e. The number of nitrogens with two attached hydrogens (primary N) is 1. The lowest BCUT2D eigenvalue weighted by Gasteiger charge is -2.30. The van der Waals surface area contributed by atoms with Crippen LogP contribution in [-0.4, -0.2) is 48.0 Å². The SMILES string of the molecule is NCC(c1ccccc1Cl)N(CCO)CCO. The fourth-order valence-corrected chi connectivity index (χ4v) is 2.16. The molecule has 0 bridgehead atoms. The van der Waals surface area contributed by atoms with Crippen LogP contribution in [0.2, 0.25) is 5.02 Å². The topological polar surface area (TPSA) is 69.7 Å². The highest BCUT2D eigenvalue weighted by molar-refractivity contribution is 6.31. The molecule has 1 aromatic rings. The second-order valence-corrected chi connectivity index (χ2v) is 4.16. The second kappa shape index (κ2) is 7.63. The number of aliphatic hydroxyl groups is 2. The van der Waals surface area contributed by atoms with Crippen LogP contribution in [0.5, 0.6) is 0 Å². The zero-order valence-electron chi connectivity index (χ0n) is 9.72. The van der Waals surface area contributed by atoms with Gasteiger partial charge in [-0.05, 0) is 11.6 Å². The molecule has 0 saturated carbocycles. The Labute approximate surface area is 107 Å². The first-order chi connectivity index (χ1) is 8.24. The van der Waals surface area contributed by atoms with Gasteiger partial charge < -0.3 is 15.9 Å². The highest BCUT2D eigenvalue weighted by atomic mass is 35.5. The van der Waals surface area contributed by atoms with Crippen LogP contribution in [0.1, 0.15) is 11.6 Å². The lowest BCUT2D eigenvalue weighted by atomic mass is 10.1. The molecule has 0 aromatic heterocycles. The Bertz CT molecular complexity index is 330. The van der Waals surface area contributed by atoms with Crippen LogP contribution in [0, 0.1) is 0 Å². The van der Waals surface area contributed by atoms with Crippen molar-refractivity contribution in [1.29, 1.82) is 0 Å². The number of hydrogen-bond donors (Lipinski definition) is 3. The van der Waals surface area contributed by atoms with Gasteiger partial charge in [-0.15, -0.1) is 0 Å². The van der Waals surface area contributed by atoms with Crippen molar-refractivity contribution >= 4 is 11.6 Å². The molecule has 4 N–H and O–H groups in total. The number of hydrogen-bond acceptors (Lipinski definition) is 4. The Balaban J connectivity index is 2.91. The van der Waals surface area contributed by atoms with Gasteiger partial charge in [-0.3, -0.25) is 4.90 Å². The number of aliphatic hydroxyl groups excluding tert-OH is 2. The molecule has 0 saturated heterocycles. The third-order valence-electron chi connectivity index (χ3n) is 2.70. The van der Waals surface area contributed by atoms with Crippen molar-refractivity contribution in [2.24, 2.45) is 5.73 Å². The van der Waals surface area contributed by atoms with Crippen molar-refractivity contribution in [3.05, 3.63) is 34.9 Å². The Hall–Kier alpha value is -0.650. The monoisotopic (exact) mass is 258 g/mol. The summed E-state index contributed by atoms with van der Waals surface area (Å²) in [7, 11) is 0. The highest BCUT2D eigenvalue weighted by Crippen LogP contribution is 2.26. The van der Waals surface area contributed by atoms with Crippen LogP contribution < -0.4 is 5.73 Å². The minimum absolute atomic E-state index is 0.0287. The number of halogens is 1. The zero-order chi connectivity index (χ0) is 12.7. The molecule has 0 aliphatic carbocycles. The van der Waals surface area contributed by atoms with E-state index in [4.69, 9.17) is 27.5 Å². The third kappa shape index (κ3) is 3.94. The fourth-order valence-electron chi connectivity index (χ4n) is 1.90. The van der Waals surface area contributed by atoms with Crippen LogP contribution >= 0.6 is 11.6 Å². The van der Waals surface area contributed by atoms with Gasteiger partial charge in [0.2, 0.25) is 0 Å². The van der Waals surface area contributed by atoms with Gasteiger partial charge in [-0.2, -0.15) is 0 Å². The van der Waals surface area contributed by atoms with E-state index in [9.17, 15) is 0 Å². The maximum absolute atomic E-state index is 9.03. The van der Waals surface area contributed by atoms with Crippen molar-refractivity contribution in [3.63, 3.8) is 0 Å². The first-order valence-corrected chi connectivity index (χ1v) is 6.02. The molecule has 0 spiro atoms. The Morgan fingerprint density at radius 2 is 1.76 bits per heavy atom. The average Bonchev–Trinajstić information content (AvgIpc) is 2.33. The van der Waals surface area contributed by atoms with Crippen molar-refractivity contribution in [2.75, 3.05) is 32.8 Å². The molecule has 1 aromatic carbocycles. The Morgan fingerprint density at radius 3 is 2.24 bits per heavy atom. The van der Waals surface area contributed by atoms with Gasteiger partial charge in [0.05, 0.1) is 13.2 Å². The normalized spacial score (nSPS) is 13.0. The summed E-state index contributed by atoms with van der Waals surface area (Å²) >= 11 is 6.13. The van der Waals surface area contributed by atoms with Crippen molar-refractivity contribution in [3.8, 4) is 0 Å². The summed E-state index contributed by atoms with van der Waals surface area (Å²) in [5.74, 6) is 0. The molecule has 0 aliphatic heterocycles. The first kappa shape index (κ1) is 14.4. The van der Waals surface area contributed by atoms with E-state index in [0.29, 0.717) is 24.7 Å². The predicted octanol–water partition coefficient (Wildman–Crippen LogP) is 0.626. The van der Waals surface area contributed by atoms with Crippen molar-refractivity contribution < 1.29 is 10.2 Å². The first-order valence-electron chi connectivity index (χ1n) is 5.64. The summed E-state index contributed by atoms with van der Waals surface area (Å²) < 4.78 is 0. The van der Waals surface area contributed by atoms with E-state index in [1.807, 2.05) is 29.2 Å².